The number of hydrogen-bond donors (Lipinski definition) is 3. The fourth-order valence-corrected chi connectivity index (χ4v) is 2.43. The van der Waals surface area contributed by atoms with E-state index in [0.717, 1.165) is 30.0 Å². The second kappa shape index (κ2) is 11.1. The third-order valence-electron chi connectivity index (χ3n) is 3.67. The normalized spacial score (nSPS) is 11.8. The minimum absolute atomic E-state index is 0.404. The van der Waals surface area contributed by atoms with E-state index in [4.69, 9.17) is 9.26 Å². The van der Waals surface area contributed by atoms with Gasteiger partial charge in [-0.1, -0.05) is 35.5 Å². The Kier molecular flexibility index (Phi) is 8.51. The lowest BCUT2D eigenvalue weighted by atomic mass is 10.2. The smallest absolute Gasteiger partial charge is 0.407 e. The molecular formula is C21H31N5O3. The first-order chi connectivity index (χ1) is 13.9. The van der Waals surface area contributed by atoms with Crippen LogP contribution >= 0.6 is 0 Å². The Bertz CT molecular complexity index is 781. The van der Waals surface area contributed by atoms with Gasteiger partial charge in [-0.25, -0.2) is 9.79 Å². The Morgan fingerprint density at radius 1 is 1.14 bits per heavy atom. The third kappa shape index (κ3) is 8.68. The number of carbonyl (C=O) groups is 1. The molecule has 0 saturated carbocycles. The lowest BCUT2D eigenvalue weighted by Gasteiger charge is -2.19. The second-order valence-electron chi connectivity index (χ2n) is 7.45. The van der Waals surface area contributed by atoms with Crippen LogP contribution in [0.2, 0.25) is 0 Å². The van der Waals surface area contributed by atoms with Crippen LogP contribution in [0.25, 0.3) is 11.3 Å². The fourth-order valence-electron chi connectivity index (χ4n) is 2.43. The van der Waals surface area contributed by atoms with E-state index in [-0.39, 0.29) is 0 Å². The molecule has 8 heteroatoms. The topological polar surface area (TPSA) is 101 Å². The molecule has 0 aliphatic rings. The highest BCUT2D eigenvalue weighted by Gasteiger charge is 2.15. The average molecular weight is 402 g/mol. The van der Waals surface area contributed by atoms with E-state index in [9.17, 15) is 4.79 Å². The summed E-state index contributed by atoms with van der Waals surface area (Å²) in [6.07, 6.45) is 0.338. The molecule has 0 aliphatic carbocycles. The quantitative estimate of drug-likeness (QED) is 0.356. The van der Waals surface area contributed by atoms with Crippen molar-refractivity contribution in [1.29, 1.82) is 0 Å². The van der Waals surface area contributed by atoms with Gasteiger partial charge in [0.1, 0.15) is 11.3 Å². The summed E-state index contributed by atoms with van der Waals surface area (Å²) in [7, 11) is 0. The van der Waals surface area contributed by atoms with E-state index >= 15 is 0 Å². The summed E-state index contributed by atoms with van der Waals surface area (Å²) in [5, 5.41) is 13.3. The highest BCUT2D eigenvalue weighted by molar-refractivity contribution is 5.79. The number of guanidine groups is 1. The van der Waals surface area contributed by atoms with Crippen LogP contribution in [0, 0.1) is 0 Å². The van der Waals surface area contributed by atoms with Crippen LogP contribution in [0.3, 0.4) is 0 Å². The number of nitrogens with one attached hydrogen (secondary N) is 3. The first-order valence-electron chi connectivity index (χ1n) is 9.87. The van der Waals surface area contributed by atoms with E-state index in [1.54, 1.807) is 0 Å². The molecule has 0 radical (unpaired) electrons. The summed E-state index contributed by atoms with van der Waals surface area (Å²) in [6.45, 7) is 9.85. The number of aromatic nitrogens is 1. The third-order valence-corrected chi connectivity index (χ3v) is 3.67. The SMILES string of the molecule is CCNC(=NCc1cc(-c2ccccc2)on1)NCCCNC(=O)OC(C)(C)C. The lowest BCUT2D eigenvalue weighted by molar-refractivity contribution is 0.0527. The van der Waals surface area contributed by atoms with Crippen LogP contribution in [-0.2, 0) is 11.3 Å². The van der Waals surface area contributed by atoms with Crippen LogP contribution < -0.4 is 16.0 Å². The molecule has 2 aromatic rings. The molecule has 1 amide bonds. The number of amides is 1. The van der Waals surface area contributed by atoms with Crippen LogP contribution in [-0.4, -0.2) is 42.4 Å². The Hall–Kier alpha value is -3.03. The van der Waals surface area contributed by atoms with Gasteiger partial charge in [-0.05, 0) is 34.1 Å². The Morgan fingerprint density at radius 2 is 1.86 bits per heavy atom. The van der Waals surface area contributed by atoms with Crippen LogP contribution in [0.15, 0.2) is 45.9 Å². The molecule has 0 fully saturated rings. The predicted molar refractivity (Wildman–Crippen MR) is 114 cm³/mol. The molecule has 1 heterocycles. The number of hydrogen-bond acceptors (Lipinski definition) is 5. The van der Waals surface area contributed by atoms with Gasteiger partial charge in [-0.2, -0.15) is 0 Å². The summed E-state index contributed by atoms with van der Waals surface area (Å²) in [4.78, 5) is 16.1. The summed E-state index contributed by atoms with van der Waals surface area (Å²) in [5.74, 6) is 1.41. The van der Waals surface area contributed by atoms with E-state index < -0.39 is 11.7 Å². The maximum atomic E-state index is 11.6. The number of nitrogens with zero attached hydrogens (tertiary/aromatic N) is 2. The van der Waals surface area contributed by atoms with Crippen LogP contribution in [0.5, 0.6) is 0 Å². The molecule has 0 unspecified atom stereocenters. The molecule has 2 rings (SSSR count). The predicted octanol–water partition coefficient (Wildman–Crippen LogP) is 3.31. The van der Waals surface area contributed by atoms with Crippen molar-refractivity contribution in [3.05, 3.63) is 42.1 Å². The molecule has 0 atom stereocenters. The van der Waals surface area contributed by atoms with Gasteiger partial charge in [-0.15, -0.1) is 0 Å². The van der Waals surface area contributed by atoms with Crippen molar-refractivity contribution in [3.8, 4) is 11.3 Å². The first kappa shape index (κ1) is 22.3. The van der Waals surface area contributed by atoms with E-state index in [0.29, 0.717) is 25.6 Å². The molecule has 158 valence electrons. The monoisotopic (exact) mass is 401 g/mol. The molecule has 1 aromatic heterocycles. The van der Waals surface area contributed by atoms with Gasteiger partial charge >= 0.3 is 6.09 Å². The summed E-state index contributed by atoms with van der Waals surface area (Å²) in [5.41, 5.74) is 1.25. The van der Waals surface area contributed by atoms with Crippen molar-refractivity contribution >= 4 is 12.1 Å². The molecule has 3 N–H and O–H groups in total. The highest BCUT2D eigenvalue weighted by Crippen LogP contribution is 2.19. The van der Waals surface area contributed by atoms with Gasteiger partial charge in [0.2, 0.25) is 0 Å². The number of carbonyl (C=O) groups excluding carboxylic acids is 1. The van der Waals surface area contributed by atoms with E-state index in [2.05, 4.69) is 26.1 Å². The second-order valence-corrected chi connectivity index (χ2v) is 7.45. The minimum atomic E-state index is -0.491. The molecule has 1 aromatic carbocycles. The molecule has 8 nitrogen and oxygen atoms in total. The summed E-state index contributed by atoms with van der Waals surface area (Å²) < 4.78 is 10.6. The van der Waals surface area contributed by atoms with Crippen molar-refractivity contribution in [1.82, 2.24) is 21.1 Å². The van der Waals surface area contributed by atoms with Crippen molar-refractivity contribution in [3.63, 3.8) is 0 Å². The van der Waals surface area contributed by atoms with Crippen LogP contribution in [0.4, 0.5) is 4.79 Å². The number of rotatable bonds is 8. The molecule has 0 saturated heterocycles. The van der Waals surface area contributed by atoms with Gasteiger partial charge in [0.05, 0.1) is 6.54 Å². The minimum Gasteiger partial charge on any atom is -0.444 e. The Morgan fingerprint density at radius 3 is 2.55 bits per heavy atom. The Balaban J connectivity index is 1.77. The number of ether oxygens (including phenoxy) is 1. The fraction of sp³-hybridized carbons (Fsp3) is 0.476. The van der Waals surface area contributed by atoms with E-state index in [1.807, 2.05) is 64.1 Å². The van der Waals surface area contributed by atoms with Crippen molar-refractivity contribution in [2.24, 2.45) is 4.99 Å². The van der Waals surface area contributed by atoms with Crippen molar-refractivity contribution < 1.29 is 14.1 Å². The van der Waals surface area contributed by atoms with Gasteiger partial charge in [-0.3, -0.25) is 0 Å². The largest absolute Gasteiger partial charge is 0.444 e. The number of benzene rings is 1. The summed E-state index contributed by atoms with van der Waals surface area (Å²) in [6, 6.07) is 11.7. The highest BCUT2D eigenvalue weighted by atomic mass is 16.6. The average Bonchev–Trinajstić information content (AvgIpc) is 3.14. The molecule has 0 bridgehead atoms. The van der Waals surface area contributed by atoms with Gasteiger partial charge in [0, 0.05) is 31.3 Å². The maximum Gasteiger partial charge on any atom is 0.407 e. The molecule has 0 aliphatic heterocycles. The van der Waals surface area contributed by atoms with Crippen molar-refractivity contribution in [2.45, 2.75) is 46.3 Å². The van der Waals surface area contributed by atoms with Gasteiger partial charge in [0.15, 0.2) is 11.7 Å². The zero-order chi connectivity index (χ0) is 21.1. The molecule has 0 spiro atoms. The molecular weight excluding hydrogens is 370 g/mol. The zero-order valence-electron chi connectivity index (χ0n) is 17.6. The summed E-state index contributed by atoms with van der Waals surface area (Å²) >= 11 is 0. The zero-order valence-corrected chi connectivity index (χ0v) is 17.6. The number of alkyl carbamates (subject to hydrolysis) is 1. The van der Waals surface area contributed by atoms with Gasteiger partial charge in [0.25, 0.3) is 0 Å². The van der Waals surface area contributed by atoms with Crippen LogP contribution in [0.1, 0.15) is 39.8 Å². The standard InChI is InChI=1S/C21H31N5O3/c1-5-22-19(23-12-9-13-24-20(27)28-21(2,3)4)25-15-17-14-18(29-26-17)16-10-7-6-8-11-16/h6-8,10-11,14H,5,9,12-13,15H2,1-4H3,(H,24,27)(H2,22,23,25). The first-order valence-corrected chi connectivity index (χ1v) is 9.87. The van der Waals surface area contributed by atoms with E-state index in [1.165, 1.54) is 0 Å². The Labute approximate surface area is 172 Å². The van der Waals surface area contributed by atoms with Gasteiger partial charge < -0.3 is 25.2 Å². The lowest BCUT2D eigenvalue weighted by Crippen LogP contribution is -2.39. The molecule has 29 heavy (non-hydrogen) atoms. The van der Waals surface area contributed by atoms with Crippen molar-refractivity contribution in [2.75, 3.05) is 19.6 Å². The maximum absolute atomic E-state index is 11.6. The number of aliphatic imine (C=N–C) groups is 1.